The third kappa shape index (κ3) is 3.08. The molecule has 2 N–H and O–H groups in total. The number of hydrogen-bond acceptors (Lipinski definition) is 5. The van der Waals surface area contributed by atoms with Crippen molar-refractivity contribution in [1.29, 1.82) is 5.26 Å². The van der Waals surface area contributed by atoms with E-state index in [0.29, 0.717) is 23.7 Å². The predicted octanol–water partition coefficient (Wildman–Crippen LogP) is 1.48. The van der Waals surface area contributed by atoms with Gasteiger partial charge in [-0.15, -0.1) is 0 Å². The second-order valence-electron chi connectivity index (χ2n) is 4.02. The van der Waals surface area contributed by atoms with Gasteiger partial charge in [-0.2, -0.15) is 5.26 Å². The molecule has 0 aromatic carbocycles. The first kappa shape index (κ1) is 11.7. The average Bonchev–Trinajstić information content (AvgIpc) is 2.38. The summed E-state index contributed by atoms with van der Waals surface area (Å²) >= 11 is 0. The molecule has 5 nitrogen and oxygen atoms in total. The maximum atomic E-state index is 8.90. The van der Waals surface area contributed by atoms with Crippen LogP contribution in [0.15, 0.2) is 12.3 Å². The first-order valence-electron chi connectivity index (χ1n) is 5.69. The largest absolute Gasteiger partial charge is 0.489 e. The monoisotopic (exact) mass is 233 g/mol. The van der Waals surface area contributed by atoms with Crippen LogP contribution >= 0.6 is 0 Å². The van der Waals surface area contributed by atoms with E-state index in [1.54, 1.807) is 6.07 Å². The zero-order valence-corrected chi connectivity index (χ0v) is 9.56. The predicted molar refractivity (Wildman–Crippen MR) is 62.5 cm³/mol. The van der Waals surface area contributed by atoms with Gasteiger partial charge in [0.1, 0.15) is 29.8 Å². The lowest BCUT2D eigenvalue weighted by Crippen LogP contribution is -2.26. The fourth-order valence-corrected chi connectivity index (χ4v) is 1.78. The van der Waals surface area contributed by atoms with Crippen LogP contribution in [0, 0.1) is 11.3 Å². The van der Waals surface area contributed by atoms with Crippen LogP contribution in [0.25, 0.3) is 0 Å². The van der Waals surface area contributed by atoms with Crippen LogP contribution in [0.4, 0.5) is 5.82 Å². The van der Waals surface area contributed by atoms with Gasteiger partial charge in [-0.3, -0.25) is 0 Å². The van der Waals surface area contributed by atoms with Crippen LogP contribution in [0.3, 0.4) is 0 Å². The molecule has 0 spiro atoms. The van der Waals surface area contributed by atoms with Crippen molar-refractivity contribution in [3.63, 3.8) is 0 Å². The molecular weight excluding hydrogens is 218 g/mol. The van der Waals surface area contributed by atoms with Gasteiger partial charge >= 0.3 is 0 Å². The molecule has 0 amide bonds. The van der Waals surface area contributed by atoms with Crippen molar-refractivity contribution in [1.82, 2.24) is 4.98 Å². The number of nitrogens with zero attached hydrogens (tertiary/aromatic N) is 2. The van der Waals surface area contributed by atoms with Gasteiger partial charge in [0.05, 0.1) is 12.3 Å². The highest BCUT2D eigenvalue weighted by atomic mass is 16.5. The van der Waals surface area contributed by atoms with Crippen LogP contribution in [-0.2, 0) is 4.74 Å². The van der Waals surface area contributed by atoms with Gasteiger partial charge < -0.3 is 15.2 Å². The second kappa shape index (κ2) is 5.51. The molecule has 1 aliphatic rings. The number of aromatic nitrogens is 1. The first-order valence-corrected chi connectivity index (χ1v) is 5.69. The fourth-order valence-electron chi connectivity index (χ4n) is 1.78. The summed E-state index contributed by atoms with van der Waals surface area (Å²) in [6.07, 6.45) is 4.82. The van der Waals surface area contributed by atoms with Gasteiger partial charge in [0.15, 0.2) is 0 Å². The molecular formula is C12H15N3O2. The standard InChI is InChI=1S/C12H15N3O2/c13-6-9-7-15-12(14)5-11(9)17-8-10-3-1-2-4-16-10/h5,7,10H,1-4,8H2,(H2,14,15). The minimum Gasteiger partial charge on any atom is -0.489 e. The molecule has 1 atom stereocenters. The van der Waals surface area contributed by atoms with E-state index < -0.39 is 0 Å². The van der Waals surface area contributed by atoms with Gasteiger partial charge in [-0.1, -0.05) is 0 Å². The lowest BCUT2D eigenvalue weighted by atomic mass is 10.1. The first-order chi connectivity index (χ1) is 8.29. The van der Waals surface area contributed by atoms with Gasteiger partial charge in [0.2, 0.25) is 0 Å². The Hall–Kier alpha value is -1.80. The fraction of sp³-hybridized carbons (Fsp3) is 0.500. The molecule has 1 fully saturated rings. The lowest BCUT2D eigenvalue weighted by Gasteiger charge is -2.22. The Morgan fingerprint density at radius 1 is 1.59 bits per heavy atom. The van der Waals surface area contributed by atoms with Crippen LogP contribution in [-0.4, -0.2) is 24.3 Å². The SMILES string of the molecule is N#Cc1cnc(N)cc1OCC1CCCCO1. The molecule has 2 rings (SSSR count). The zero-order valence-electron chi connectivity index (χ0n) is 9.56. The summed E-state index contributed by atoms with van der Waals surface area (Å²) in [5.74, 6) is 0.831. The molecule has 1 aromatic rings. The van der Waals surface area contributed by atoms with E-state index in [9.17, 15) is 0 Å². The number of hydrogen-bond donors (Lipinski definition) is 1. The van der Waals surface area contributed by atoms with Gasteiger partial charge in [0.25, 0.3) is 0 Å². The maximum absolute atomic E-state index is 8.90. The molecule has 17 heavy (non-hydrogen) atoms. The smallest absolute Gasteiger partial charge is 0.142 e. The number of nitriles is 1. The Morgan fingerprint density at radius 3 is 3.18 bits per heavy atom. The molecule has 1 aromatic heterocycles. The highest BCUT2D eigenvalue weighted by Crippen LogP contribution is 2.20. The molecule has 1 saturated heterocycles. The van der Waals surface area contributed by atoms with Gasteiger partial charge in [-0.05, 0) is 19.3 Å². The minimum atomic E-state index is 0.115. The molecule has 0 bridgehead atoms. The topological polar surface area (TPSA) is 81.2 Å². The molecule has 1 unspecified atom stereocenters. The Balaban J connectivity index is 1.98. The third-order valence-corrected chi connectivity index (χ3v) is 2.71. The molecule has 90 valence electrons. The van der Waals surface area contributed by atoms with E-state index in [-0.39, 0.29) is 6.10 Å². The summed E-state index contributed by atoms with van der Waals surface area (Å²) < 4.78 is 11.1. The van der Waals surface area contributed by atoms with Crippen molar-refractivity contribution in [3.05, 3.63) is 17.8 Å². The normalized spacial score (nSPS) is 19.6. The average molecular weight is 233 g/mol. The summed E-state index contributed by atoms with van der Waals surface area (Å²) in [7, 11) is 0. The lowest BCUT2D eigenvalue weighted by molar-refractivity contribution is -0.0111. The minimum absolute atomic E-state index is 0.115. The Kier molecular flexibility index (Phi) is 3.78. The van der Waals surface area contributed by atoms with Gasteiger partial charge in [0, 0.05) is 12.7 Å². The Labute approximate surface area is 100 Å². The van der Waals surface area contributed by atoms with Crippen molar-refractivity contribution in [2.75, 3.05) is 18.9 Å². The highest BCUT2D eigenvalue weighted by Gasteiger charge is 2.15. The quantitative estimate of drug-likeness (QED) is 0.855. The second-order valence-corrected chi connectivity index (χ2v) is 4.02. The van der Waals surface area contributed by atoms with E-state index in [2.05, 4.69) is 4.98 Å². The number of pyridine rings is 1. The van der Waals surface area contributed by atoms with Gasteiger partial charge in [-0.25, -0.2) is 4.98 Å². The van der Waals surface area contributed by atoms with Crippen molar-refractivity contribution in [3.8, 4) is 11.8 Å². The van der Waals surface area contributed by atoms with E-state index in [1.165, 1.54) is 6.20 Å². The van der Waals surface area contributed by atoms with E-state index in [1.807, 2.05) is 6.07 Å². The number of ether oxygens (including phenoxy) is 2. The Morgan fingerprint density at radius 2 is 2.47 bits per heavy atom. The van der Waals surface area contributed by atoms with Crippen molar-refractivity contribution >= 4 is 5.82 Å². The summed E-state index contributed by atoms with van der Waals surface area (Å²) in [6, 6.07) is 3.60. The molecule has 2 heterocycles. The molecule has 1 aliphatic heterocycles. The maximum Gasteiger partial charge on any atom is 0.142 e. The third-order valence-electron chi connectivity index (χ3n) is 2.71. The van der Waals surface area contributed by atoms with Crippen LogP contribution < -0.4 is 10.5 Å². The number of nitrogen functional groups attached to an aromatic ring is 1. The molecule has 0 saturated carbocycles. The van der Waals surface area contributed by atoms with E-state index >= 15 is 0 Å². The summed E-state index contributed by atoms with van der Waals surface area (Å²) in [6.45, 7) is 1.25. The van der Waals surface area contributed by atoms with Crippen LogP contribution in [0.5, 0.6) is 5.75 Å². The summed E-state index contributed by atoms with van der Waals surface area (Å²) in [5, 5.41) is 8.90. The van der Waals surface area contributed by atoms with Crippen LogP contribution in [0.2, 0.25) is 0 Å². The summed E-state index contributed by atoms with van der Waals surface area (Å²) in [4.78, 5) is 3.85. The van der Waals surface area contributed by atoms with Crippen molar-refractivity contribution in [2.45, 2.75) is 25.4 Å². The zero-order chi connectivity index (χ0) is 12.1. The number of anilines is 1. The molecule has 0 aliphatic carbocycles. The molecule has 0 radical (unpaired) electrons. The van der Waals surface area contributed by atoms with E-state index in [4.69, 9.17) is 20.5 Å². The number of nitrogens with two attached hydrogens (primary N) is 1. The number of rotatable bonds is 3. The molecule has 5 heteroatoms. The summed E-state index contributed by atoms with van der Waals surface area (Å²) in [5.41, 5.74) is 5.96. The van der Waals surface area contributed by atoms with E-state index in [0.717, 1.165) is 25.9 Å². The van der Waals surface area contributed by atoms with Crippen molar-refractivity contribution in [2.24, 2.45) is 0 Å². The van der Waals surface area contributed by atoms with Crippen LogP contribution in [0.1, 0.15) is 24.8 Å². The highest BCUT2D eigenvalue weighted by molar-refractivity contribution is 5.47. The Bertz CT molecular complexity index is 422. The van der Waals surface area contributed by atoms with Crippen molar-refractivity contribution < 1.29 is 9.47 Å².